The highest BCUT2D eigenvalue weighted by atomic mass is 18.2. The fourth-order valence-electron chi connectivity index (χ4n) is 2.08. The summed E-state index contributed by atoms with van der Waals surface area (Å²) in [4.78, 5) is 4.22. The zero-order valence-corrected chi connectivity index (χ0v) is 10.4. The Hall–Kier alpha value is -2.42. The van der Waals surface area contributed by atoms with Crippen molar-refractivity contribution in [1.82, 2.24) is 4.98 Å². The second kappa shape index (κ2) is 4.69. The Morgan fingerprint density at radius 1 is 1.00 bits per heavy atom. The molecular formula is C16H12FNO. The third-order valence-electron chi connectivity index (χ3n) is 3.10. The summed E-state index contributed by atoms with van der Waals surface area (Å²) in [6.07, 6.45) is 1.69. The average molecular weight is 252 g/mol. The van der Waals surface area contributed by atoms with Gasteiger partial charge in [-0.2, -0.15) is 0 Å². The highest BCUT2D eigenvalue weighted by molar-refractivity contribution is 5.86. The monoisotopic (exact) mass is 252 g/mol. The quantitative estimate of drug-likeness (QED) is 0.686. The lowest BCUT2D eigenvalue weighted by Gasteiger charge is -2.06. The maximum absolute atomic E-state index is 14.4. The predicted molar refractivity (Wildman–Crippen MR) is 73.7 cm³/mol. The van der Waals surface area contributed by atoms with Crippen LogP contribution >= 0.6 is 0 Å². The molecule has 2 aromatic carbocycles. The van der Waals surface area contributed by atoms with Crippen LogP contribution in [-0.2, 0) is 0 Å². The Balaban J connectivity index is 2.16. The molecule has 0 unspecified atom stereocenters. The first-order valence-corrected chi connectivity index (χ1v) is 5.97. The number of ether oxygens (including phenoxy) is 1. The molecule has 3 rings (SSSR count). The van der Waals surface area contributed by atoms with Gasteiger partial charge in [0.1, 0.15) is 11.4 Å². The maximum atomic E-state index is 14.4. The number of aromatic nitrogens is 1. The lowest BCUT2D eigenvalue weighted by atomic mass is 10.1. The number of pyridine rings is 1. The molecular weight excluding hydrogens is 240 g/mol. The Bertz CT molecular complexity index is 722. The van der Waals surface area contributed by atoms with E-state index in [0.29, 0.717) is 11.1 Å². The molecule has 0 radical (unpaired) electrons. The molecule has 3 aromatic rings. The summed E-state index contributed by atoms with van der Waals surface area (Å²) in [6.45, 7) is 0. The molecule has 0 spiro atoms. The third kappa shape index (κ3) is 2.03. The fourth-order valence-corrected chi connectivity index (χ4v) is 2.08. The summed E-state index contributed by atoms with van der Waals surface area (Å²) in [5.41, 5.74) is 1.10. The van der Waals surface area contributed by atoms with Crippen LogP contribution in [0.2, 0.25) is 0 Å². The van der Waals surface area contributed by atoms with E-state index in [1.54, 1.807) is 43.6 Å². The number of hydrogen-bond acceptors (Lipinski definition) is 2. The molecule has 0 bridgehead atoms. The average Bonchev–Trinajstić information content (AvgIpc) is 2.48. The van der Waals surface area contributed by atoms with E-state index in [4.69, 9.17) is 4.74 Å². The molecule has 3 heteroatoms. The van der Waals surface area contributed by atoms with Crippen LogP contribution in [0.15, 0.2) is 54.7 Å². The van der Waals surface area contributed by atoms with Crippen molar-refractivity contribution in [1.29, 1.82) is 0 Å². The van der Waals surface area contributed by atoms with Gasteiger partial charge < -0.3 is 4.74 Å². The molecule has 0 amide bonds. The molecule has 0 saturated heterocycles. The van der Waals surface area contributed by atoms with Gasteiger partial charge in [-0.25, -0.2) is 4.39 Å². The molecule has 0 fully saturated rings. The molecule has 0 saturated carbocycles. The number of halogens is 1. The molecule has 0 aliphatic heterocycles. The van der Waals surface area contributed by atoms with Crippen molar-refractivity contribution in [3.05, 3.63) is 60.5 Å². The van der Waals surface area contributed by atoms with Gasteiger partial charge in [-0.3, -0.25) is 4.98 Å². The number of fused-ring (bicyclic) bond motifs is 1. The first-order chi connectivity index (χ1) is 9.29. The van der Waals surface area contributed by atoms with Gasteiger partial charge in [0.2, 0.25) is 0 Å². The van der Waals surface area contributed by atoms with Crippen LogP contribution in [0, 0.1) is 5.82 Å². The highest BCUT2D eigenvalue weighted by Crippen LogP contribution is 2.27. The summed E-state index contributed by atoms with van der Waals surface area (Å²) in [5, 5.41) is 1.39. The number of nitrogens with zero attached hydrogens (tertiary/aromatic N) is 1. The van der Waals surface area contributed by atoms with Crippen LogP contribution in [0.1, 0.15) is 0 Å². The predicted octanol–water partition coefficient (Wildman–Crippen LogP) is 4.05. The summed E-state index contributed by atoms with van der Waals surface area (Å²) >= 11 is 0. The molecule has 19 heavy (non-hydrogen) atoms. The van der Waals surface area contributed by atoms with Crippen LogP contribution in [0.5, 0.6) is 5.75 Å². The zero-order valence-electron chi connectivity index (χ0n) is 10.4. The van der Waals surface area contributed by atoms with Crippen molar-refractivity contribution in [3.8, 4) is 17.0 Å². The molecule has 2 nitrogen and oxygen atoms in total. The highest BCUT2D eigenvalue weighted by Gasteiger charge is 2.10. The van der Waals surface area contributed by atoms with Crippen molar-refractivity contribution >= 4 is 10.8 Å². The summed E-state index contributed by atoms with van der Waals surface area (Å²) in [7, 11) is 1.60. The molecule has 0 aliphatic carbocycles. The first-order valence-electron chi connectivity index (χ1n) is 5.97. The lowest BCUT2D eigenvalue weighted by Crippen LogP contribution is -1.91. The van der Waals surface area contributed by atoms with Gasteiger partial charge in [0.25, 0.3) is 0 Å². The summed E-state index contributed by atoms with van der Waals surface area (Å²) in [5.74, 6) is 0.452. The summed E-state index contributed by atoms with van der Waals surface area (Å²) in [6, 6.07) is 14.5. The number of methoxy groups -OCH3 is 1. The van der Waals surface area contributed by atoms with Gasteiger partial charge in [-0.05, 0) is 24.3 Å². The van der Waals surface area contributed by atoms with E-state index >= 15 is 0 Å². The van der Waals surface area contributed by atoms with Gasteiger partial charge in [0.05, 0.1) is 7.11 Å². The van der Waals surface area contributed by atoms with Crippen molar-refractivity contribution in [2.24, 2.45) is 0 Å². The maximum Gasteiger partial charge on any atom is 0.157 e. The molecule has 0 N–H and O–H groups in total. The van der Waals surface area contributed by atoms with Crippen molar-refractivity contribution < 1.29 is 9.13 Å². The Morgan fingerprint density at radius 3 is 2.47 bits per heavy atom. The van der Waals surface area contributed by atoms with E-state index in [9.17, 15) is 4.39 Å². The van der Waals surface area contributed by atoms with E-state index in [1.165, 1.54) is 0 Å². The van der Waals surface area contributed by atoms with Crippen molar-refractivity contribution in [3.63, 3.8) is 0 Å². The van der Waals surface area contributed by atoms with Crippen LogP contribution < -0.4 is 4.74 Å². The molecule has 94 valence electrons. The lowest BCUT2D eigenvalue weighted by molar-refractivity contribution is 0.415. The second-order valence-corrected chi connectivity index (χ2v) is 4.24. The van der Waals surface area contributed by atoms with E-state index in [0.717, 1.165) is 16.7 Å². The summed E-state index contributed by atoms with van der Waals surface area (Å²) < 4.78 is 19.5. The third-order valence-corrected chi connectivity index (χ3v) is 3.10. The van der Waals surface area contributed by atoms with E-state index < -0.39 is 0 Å². The van der Waals surface area contributed by atoms with Crippen molar-refractivity contribution in [2.75, 3.05) is 7.11 Å². The van der Waals surface area contributed by atoms with Crippen LogP contribution in [0.4, 0.5) is 4.39 Å². The number of rotatable bonds is 2. The fraction of sp³-hybridized carbons (Fsp3) is 0.0625. The van der Waals surface area contributed by atoms with Crippen LogP contribution in [-0.4, -0.2) is 12.1 Å². The van der Waals surface area contributed by atoms with Crippen LogP contribution in [0.3, 0.4) is 0 Å². The van der Waals surface area contributed by atoms with E-state index in [1.807, 2.05) is 18.2 Å². The normalized spacial score (nSPS) is 10.6. The molecule has 1 heterocycles. The van der Waals surface area contributed by atoms with E-state index in [-0.39, 0.29) is 5.82 Å². The van der Waals surface area contributed by atoms with Crippen molar-refractivity contribution in [2.45, 2.75) is 0 Å². The smallest absolute Gasteiger partial charge is 0.157 e. The van der Waals surface area contributed by atoms with Gasteiger partial charge in [-0.15, -0.1) is 0 Å². The standard InChI is InChI=1S/C16H12FNO/c1-19-13-8-6-11(7-9-13)16-15(17)14-5-3-2-4-12(14)10-18-16/h2-10H,1H3/i17-1. The molecule has 0 aliphatic rings. The zero-order chi connectivity index (χ0) is 13.2. The first kappa shape index (κ1) is 11.7. The molecule has 1 aromatic heterocycles. The molecule has 0 atom stereocenters. The number of benzene rings is 2. The SMILES string of the molecule is COc1ccc(-c2ncc3ccccc3c2[18F])cc1. The van der Waals surface area contributed by atoms with Gasteiger partial charge in [-0.1, -0.05) is 24.3 Å². The van der Waals surface area contributed by atoms with E-state index in [2.05, 4.69) is 4.98 Å². The Labute approximate surface area is 110 Å². The number of hydrogen-bond donors (Lipinski definition) is 0. The Morgan fingerprint density at radius 2 is 1.74 bits per heavy atom. The minimum atomic E-state index is -0.289. The minimum Gasteiger partial charge on any atom is -0.497 e. The van der Waals surface area contributed by atoms with Gasteiger partial charge >= 0.3 is 0 Å². The van der Waals surface area contributed by atoms with Gasteiger partial charge in [0.15, 0.2) is 5.82 Å². The largest absolute Gasteiger partial charge is 0.497 e. The minimum absolute atomic E-state index is 0.289. The Kier molecular flexibility index (Phi) is 2.88. The topological polar surface area (TPSA) is 22.1 Å². The van der Waals surface area contributed by atoms with Crippen LogP contribution in [0.25, 0.3) is 22.0 Å². The van der Waals surface area contributed by atoms with Gasteiger partial charge in [0, 0.05) is 22.5 Å². The second-order valence-electron chi connectivity index (χ2n) is 4.24.